The maximum absolute atomic E-state index is 13.8. The van der Waals surface area contributed by atoms with Crippen LogP contribution in [0.1, 0.15) is 16.4 Å². The van der Waals surface area contributed by atoms with Crippen LogP contribution in [0.15, 0.2) is 82.6 Å². The molecule has 1 N–H and O–H groups in total. The Kier molecular flexibility index (Phi) is 7.27. The van der Waals surface area contributed by atoms with Crippen molar-refractivity contribution in [3.05, 3.63) is 108 Å². The van der Waals surface area contributed by atoms with Gasteiger partial charge in [0.2, 0.25) is 17.7 Å². The van der Waals surface area contributed by atoms with Crippen LogP contribution in [-0.4, -0.2) is 27.5 Å². The fraction of sp³-hybridized carbons (Fsp3) is 0.143. The number of hydrogen-bond donors (Lipinski definition) is 1. The SMILES string of the molecule is O=C(Cn1c2c(sc1=O)[C@@H](c1ccccc1)[C@@H]1C(=O)N(c3ccc(Cl)cc3)C(=O)[C@@H]1S2)Nc1ccc(Cl)c(Cl)c1. The lowest BCUT2D eigenvalue weighted by Crippen LogP contribution is -2.33. The third-order valence-corrected chi connectivity index (χ3v) is 10.4. The molecule has 3 amide bonds. The fourth-order valence-corrected chi connectivity index (χ4v) is 8.23. The van der Waals surface area contributed by atoms with E-state index in [1.807, 2.05) is 30.3 Å². The van der Waals surface area contributed by atoms with Crippen molar-refractivity contribution in [2.24, 2.45) is 5.92 Å². The molecule has 0 saturated carbocycles. The van der Waals surface area contributed by atoms with E-state index in [-0.39, 0.29) is 28.3 Å². The molecule has 3 heterocycles. The van der Waals surface area contributed by atoms with Gasteiger partial charge >= 0.3 is 4.87 Å². The van der Waals surface area contributed by atoms with Gasteiger partial charge < -0.3 is 5.32 Å². The second-order valence-corrected chi connectivity index (χ2v) is 12.6. The predicted molar refractivity (Wildman–Crippen MR) is 159 cm³/mol. The van der Waals surface area contributed by atoms with E-state index in [0.29, 0.717) is 31.3 Å². The number of nitrogens with zero attached hydrogens (tertiary/aromatic N) is 2. The number of benzene rings is 3. The molecular formula is C28H18Cl3N3O4S2. The van der Waals surface area contributed by atoms with Crippen molar-refractivity contribution in [1.82, 2.24) is 4.57 Å². The van der Waals surface area contributed by atoms with E-state index in [2.05, 4.69) is 5.32 Å². The molecule has 1 aromatic heterocycles. The number of carbonyl (C=O) groups excluding carboxylic acids is 3. The molecule has 12 heteroatoms. The van der Waals surface area contributed by atoms with Crippen LogP contribution in [0.3, 0.4) is 0 Å². The molecular weight excluding hydrogens is 613 g/mol. The highest BCUT2D eigenvalue weighted by atomic mass is 35.5. The number of hydrogen-bond acceptors (Lipinski definition) is 6. The molecule has 0 spiro atoms. The number of rotatable bonds is 5. The smallest absolute Gasteiger partial charge is 0.308 e. The lowest BCUT2D eigenvalue weighted by molar-refractivity contribution is -0.122. The summed E-state index contributed by atoms with van der Waals surface area (Å²) in [6, 6.07) is 20.6. The Morgan fingerprint density at radius 3 is 2.30 bits per heavy atom. The van der Waals surface area contributed by atoms with Crippen molar-refractivity contribution < 1.29 is 14.4 Å². The summed E-state index contributed by atoms with van der Waals surface area (Å²) in [5.41, 5.74) is 1.68. The summed E-state index contributed by atoms with van der Waals surface area (Å²) in [6.07, 6.45) is 0. The molecule has 202 valence electrons. The molecule has 3 aromatic carbocycles. The minimum absolute atomic E-state index is 0.278. The number of aromatic nitrogens is 1. The Hall–Kier alpha value is -3.08. The van der Waals surface area contributed by atoms with Crippen LogP contribution in [0, 0.1) is 5.92 Å². The summed E-state index contributed by atoms with van der Waals surface area (Å²) in [6.45, 7) is -0.278. The van der Waals surface area contributed by atoms with Gasteiger partial charge in [-0.05, 0) is 48.0 Å². The van der Waals surface area contributed by atoms with Crippen LogP contribution in [0.5, 0.6) is 0 Å². The number of halogens is 3. The molecule has 0 unspecified atom stereocenters. The number of anilines is 2. The van der Waals surface area contributed by atoms with Gasteiger partial charge in [-0.2, -0.15) is 0 Å². The monoisotopic (exact) mass is 629 g/mol. The van der Waals surface area contributed by atoms with Gasteiger partial charge in [-0.25, -0.2) is 4.90 Å². The molecule has 0 radical (unpaired) electrons. The standard InChI is InChI=1S/C28H18Cl3N3O4S2/c29-15-6-9-17(10-7-15)34-25(36)22-21(14-4-2-1-3-5-14)24-27(39-23(22)26(34)37)33(28(38)40-24)13-20(35)32-16-8-11-18(30)19(31)12-16/h1-12,21-23H,13H2,(H,32,35)/t21-,22-,23+/m0/s1. The van der Waals surface area contributed by atoms with Crippen molar-refractivity contribution in [3.63, 3.8) is 0 Å². The highest BCUT2D eigenvalue weighted by Gasteiger charge is 2.56. The van der Waals surface area contributed by atoms with E-state index in [4.69, 9.17) is 34.8 Å². The molecule has 2 aliphatic heterocycles. The van der Waals surface area contributed by atoms with Gasteiger partial charge in [0.1, 0.15) is 11.8 Å². The second kappa shape index (κ2) is 10.7. The summed E-state index contributed by atoms with van der Waals surface area (Å²) in [5, 5.41) is 3.59. The van der Waals surface area contributed by atoms with E-state index in [1.165, 1.54) is 15.5 Å². The van der Waals surface area contributed by atoms with Crippen LogP contribution in [0.2, 0.25) is 15.1 Å². The maximum Gasteiger partial charge on any atom is 0.308 e. The van der Waals surface area contributed by atoms with Crippen LogP contribution < -0.4 is 15.1 Å². The number of carbonyl (C=O) groups is 3. The zero-order valence-corrected chi connectivity index (χ0v) is 24.2. The third-order valence-electron chi connectivity index (χ3n) is 6.80. The molecule has 2 aliphatic rings. The Bertz CT molecular complexity index is 1720. The second-order valence-electron chi connectivity index (χ2n) is 9.24. The molecule has 0 aliphatic carbocycles. The van der Waals surface area contributed by atoms with E-state index in [1.54, 1.807) is 36.4 Å². The van der Waals surface area contributed by atoms with Gasteiger partial charge in [-0.1, -0.05) is 88.2 Å². The lowest BCUT2D eigenvalue weighted by atomic mass is 9.83. The topological polar surface area (TPSA) is 88.5 Å². The highest BCUT2D eigenvalue weighted by Crippen LogP contribution is 2.53. The summed E-state index contributed by atoms with van der Waals surface area (Å²) in [5.74, 6) is -2.42. The summed E-state index contributed by atoms with van der Waals surface area (Å²) < 4.78 is 1.37. The number of imide groups is 1. The highest BCUT2D eigenvalue weighted by molar-refractivity contribution is 8.00. The first-order valence-corrected chi connectivity index (χ1v) is 14.9. The van der Waals surface area contributed by atoms with Crippen molar-refractivity contribution in [1.29, 1.82) is 0 Å². The zero-order valence-electron chi connectivity index (χ0n) is 20.3. The van der Waals surface area contributed by atoms with Crippen molar-refractivity contribution in [2.75, 3.05) is 10.2 Å². The molecule has 7 nitrogen and oxygen atoms in total. The van der Waals surface area contributed by atoms with Gasteiger partial charge in [0.15, 0.2) is 0 Å². The summed E-state index contributed by atoms with van der Waals surface area (Å²) in [4.78, 5) is 55.3. The Morgan fingerprint density at radius 2 is 1.60 bits per heavy atom. The number of thiazole rings is 1. The predicted octanol–water partition coefficient (Wildman–Crippen LogP) is 6.30. The average Bonchev–Trinajstić information content (AvgIpc) is 3.38. The van der Waals surface area contributed by atoms with Gasteiger partial charge in [-0.3, -0.25) is 23.7 Å². The Labute approximate surface area is 251 Å². The normalized spacial score (nSPS) is 19.9. The van der Waals surface area contributed by atoms with Crippen LogP contribution in [-0.2, 0) is 20.9 Å². The zero-order chi connectivity index (χ0) is 28.1. The average molecular weight is 631 g/mol. The maximum atomic E-state index is 13.8. The van der Waals surface area contributed by atoms with E-state index in [9.17, 15) is 19.2 Å². The molecule has 4 aromatic rings. The number of nitrogens with one attached hydrogen (secondary N) is 1. The quantitative estimate of drug-likeness (QED) is 0.261. The van der Waals surface area contributed by atoms with E-state index < -0.39 is 23.0 Å². The molecule has 1 saturated heterocycles. The van der Waals surface area contributed by atoms with Crippen molar-refractivity contribution in [3.8, 4) is 0 Å². The molecule has 1 fully saturated rings. The largest absolute Gasteiger partial charge is 0.324 e. The molecule has 40 heavy (non-hydrogen) atoms. The first-order chi connectivity index (χ1) is 19.2. The first kappa shape index (κ1) is 27.1. The number of thioether (sulfide) groups is 1. The van der Waals surface area contributed by atoms with E-state index >= 15 is 0 Å². The molecule has 0 bridgehead atoms. The summed E-state index contributed by atoms with van der Waals surface area (Å²) >= 11 is 20.2. The Morgan fingerprint density at radius 1 is 0.875 bits per heavy atom. The van der Waals surface area contributed by atoms with Gasteiger partial charge in [-0.15, -0.1) is 0 Å². The first-order valence-electron chi connectivity index (χ1n) is 12.1. The minimum atomic E-state index is -0.778. The Balaban J connectivity index is 1.39. The van der Waals surface area contributed by atoms with Crippen LogP contribution in [0.4, 0.5) is 11.4 Å². The van der Waals surface area contributed by atoms with Gasteiger partial charge in [0, 0.05) is 21.5 Å². The van der Waals surface area contributed by atoms with Gasteiger partial charge in [0.05, 0.1) is 26.7 Å². The van der Waals surface area contributed by atoms with E-state index in [0.717, 1.165) is 28.7 Å². The van der Waals surface area contributed by atoms with Crippen molar-refractivity contribution in [2.45, 2.75) is 22.7 Å². The third kappa shape index (κ3) is 4.76. The van der Waals surface area contributed by atoms with Crippen LogP contribution in [0.25, 0.3) is 0 Å². The lowest BCUT2D eigenvalue weighted by Gasteiger charge is -2.30. The molecule has 3 atom stereocenters. The summed E-state index contributed by atoms with van der Waals surface area (Å²) in [7, 11) is 0. The van der Waals surface area contributed by atoms with Crippen molar-refractivity contribution >= 4 is 87.0 Å². The molecule has 6 rings (SSSR count). The number of amides is 3. The van der Waals surface area contributed by atoms with Crippen LogP contribution >= 0.6 is 57.9 Å². The fourth-order valence-electron chi connectivity index (χ4n) is 5.04. The number of fused-ring (bicyclic) bond motifs is 2. The minimum Gasteiger partial charge on any atom is -0.324 e. The van der Waals surface area contributed by atoms with Gasteiger partial charge in [0.25, 0.3) is 0 Å².